The van der Waals surface area contributed by atoms with Crippen LogP contribution in [-0.2, 0) is 6.42 Å². The van der Waals surface area contributed by atoms with Crippen LogP contribution in [-0.4, -0.2) is 5.88 Å². The third kappa shape index (κ3) is 3.65. The lowest BCUT2D eigenvalue weighted by Crippen LogP contribution is -1.87. The molecular formula is C12H15Cl. The molecule has 0 heterocycles. The Kier molecular flexibility index (Phi) is 4.04. The number of hydrogen-bond acceptors (Lipinski definition) is 0. The molecule has 0 amide bonds. The first kappa shape index (κ1) is 10.3. The number of benzene rings is 1. The molecule has 1 rings (SSSR count). The second-order valence-corrected chi connectivity index (χ2v) is 3.68. The summed E-state index contributed by atoms with van der Waals surface area (Å²) in [6.45, 7) is 4.22. The summed E-state index contributed by atoms with van der Waals surface area (Å²) in [5.74, 6) is 0.609. The van der Waals surface area contributed by atoms with E-state index in [1.54, 1.807) is 0 Å². The Balaban J connectivity index is 2.64. The van der Waals surface area contributed by atoms with Crippen LogP contribution in [0.1, 0.15) is 18.1 Å². The van der Waals surface area contributed by atoms with Crippen LogP contribution in [0.25, 0.3) is 0 Å². The predicted octanol–water partition coefficient (Wildman–Crippen LogP) is 3.72. The number of allylic oxidation sites excluding steroid dienone is 2. The van der Waals surface area contributed by atoms with Gasteiger partial charge in [-0.05, 0) is 25.8 Å². The minimum absolute atomic E-state index is 0.609. The van der Waals surface area contributed by atoms with Crippen molar-refractivity contribution in [3.05, 3.63) is 47.0 Å². The second-order valence-electron chi connectivity index (χ2n) is 3.37. The smallest absolute Gasteiger partial charge is 0.0406 e. The summed E-state index contributed by atoms with van der Waals surface area (Å²) in [7, 11) is 0. The standard InChI is InChI=1S/C12H15Cl/c1-10-3-5-12(6-4-10)9-11(2)7-8-13/h3-7H,8-9H2,1-2H3/b11-7-. The molecule has 0 N–H and O–H groups in total. The van der Waals surface area contributed by atoms with Crippen LogP contribution in [0.3, 0.4) is 0 Å². The van der Waals surface area contributed by atoms with Crippen molar-refractivity contribution in [1.29, 1.82) is 0 Å². The summed E-state index contributed by atoms with van der Waals surface area (Å²) in [5.41, 5.74) is 3.99. The van der Waals surface area contributed by atoms with Crippen molar-refractivity contribution >= 4 is 11.6 Å². The Morgan fingerprint density at radius 3 is 2.46 bits per heavy atom. The van der Waals surface area contributed by atoms with Gasteiger partial charge in [0.1, 0.15) is 0 Å². The monoisotopic (exact) mass is 194 g/mol. The van der Waals surface area contributed by atoms with Crippen molar-refractivity contribution in [2.24, 2.45) is 0 Å². The lowest BCUT2D eigenvalue weighted by molar-refractivity contribution is 1.13. The summed E-state index contributed by atoms with van der Waals surface area (Å²) >= 11 is 5.61. The quantitative estimate of drug-likeness (QED) is 0.508. The normalized spacial score (nSPS) is 11.8. The number of alkyl halides is 1. The third-order valence-electron chi connectivity index (χ3n) is 2.03. The molecule has 0 aliphatic rings. The molecule has 0 saturated heterocycles. The van der Waals surface area contributed by atoms with Gasteiger partial charge in [0.25, 0.3) is 0 Å². The third-order valence-corrected chi connectivity index (χ3v) is 2.18. The van der Waals surface area contributed by atoms with E-state index in [0.29, 0.717) is 5.88 Å². The first-order valence-electron chi connectivity index (χ1n) is 4.49. The van der Waals surface area contributed by atoms with E-state index in [1.807, 2.05) is 0 Å². The van der Waals surface area contributed by atoms with Gasteiger partial charge in [0.2, 0.25) is 0 Å². The summed E-state index contributed by atoms with van der Waals surface area (Å²) in [6, 6.07) is 8.62. The first-order chi connectivity index (χ1) is 6.22. The molecule has 0 aliphatic carbocycles. The van der Waals surface area contributed by atoms with Gasteiger partial charge in [0.05, 0.1) is 0 Å². The van der Waals surface area contributed by atoms with E-state index in [4.69, 9.17) is 11.6 Å². The second kappa shape index (κ2) is 5.08. The van der Waals surface area contributed by atoms with Gasteiger partial charge in [-0.2, -0.15) is 0 Å². The van der Waals surface area contributed by atoms with E-state index < -0.39 is 0 Å². The van der Waals surface area contributed by atoms with Gasteiger partial charge in [0, 0.05) is 5.88 Å². The Labute approximate surface area is 85.2 Å². The largest absolute Gasteiger partial charge is 0.122 e. The van der Waals surface area contributed by atoms with Gasteiger partial charge in [-0.25, -0.2) is 0 Å². The van der Waals surface area contributed by atoms with E-state index in [0.717, 1.165) is 6.42 Å². The summed E-state index contributed by atoms with van der Waals surface area (Å²) in [6.07, 6.45) is 3.06. The predicted molar refractivity (Wildman–Crippen MR) is 59.4 cm³/mol. The number of halogens is 1. The fourth-order valence-electron chi connectivity index (χ4n) is 1.23. The fraction of sp³-hybridized carbons (Fsp3) is 0.333. The Morgan fingerprint density at radius 1 is 1.31 bits per heavy atom. The Bertz CT molecular complexity index is 282. The van der Waals surface area contributed by atoms with Crippen LogP contribution in [0.15, 0.2) is 35.9 Å². The average Bonchev–Trinajstić information content (AvgIpc) is 2.09. The molecule has 70 valence electrons. The van der Waals surface area contributed by atoms with Gasteiger partial charge in [-0.1, -0.05) is 41.5 Å². The van der Waals surface area contributed by atoms with Crippen molar-refractivity contribution in [3.8, 4) is 0 Å². The molecule has 0 atom stereocenters. The summed E-state index contributed by atoms with van der Waals surface area (Å²) < 4.78 is 0. The maximum absolute atomic E-state index is 5.61. The van der Waals surface area contributed by atoms with Crippen molar-refractivity contribution in [2.75, 3.05) is 5.88 Å². The lowest BCUT2D eigenvalue weighted by atomic mass is 10.1. The van der Waals surface area contributed by atoms with Crippen molar-refractivity contribution < 1.29 is 0 Å². The number of rotatable bonds is 3. The zero-order valence-corrected chi connectivity index (χ0v) is 8.93. The van der Waals surface area contributed by atoms with Crippen LogP contribution >= 0.6 is 11.6 Å². The van der Waals surface area contributed by atoms with E-state index in [9.17, 15) is 0 Å². The molecule has 0 spiro atoms. The highest BCUT2D eigenvalue weighted by atomic mass is 35.5. The molecule has 0 bridgehead atoms. The molecule has 13 heavy (non-hydrogen) atoms. The molecule has 0 nitrogen and oxygen atoms in total. The van der Waals surface area contributed by atoms with Crippen LogP contribution in [0, 0.1) is 6.92 Å². The minimum Gasteiger partial charge on any atom is -0.122 e. The molecular weight excluding hydrogens is 180 g/mol. The molecule has 0 unspecified atom stereocenters. The maximum Gasteiger partial charge on any atom is 0.0406 e. The molecule has 0 aromatic heterocycles. The zero-order chi connectivity index (χ0) is 9.68. The Morgan fingerprint density at radius 2 is 1.92 bits per heavy atom. The molecule has 0 fully saturated rings. The zero-order valence-electron chi connectivity index (χ0n) is 8.18. The SMILES string of the molecule is C/C(=C/CCl)Cc1ccc(C)cc1. The summed E-state index contributed by atoms with van der Waals surface area (Å²) in [4.78, 5) is 0. The molecule has 0 saturated carbocycles. The van der Waals surface area contributed by atoms with Crippen LogP contribution in [0.2, 0.25) is 0 Å². The van der Waals surface area contributed by atoms with Crippen molar-refractivity contribution in [1.82, 2.24) is 0 Å². The van der Waals surface area contributed by atoms with Gasteiger partial charge >= 0.3 is 0 Å². The van der Waals surface area contributed by atoms with E-state index in [-0.39, 0.29) is 0 Å². The molecule has 1 aromatic rings. The van der Waals surface area contributed by atoms with Crippen LogP contribution in [0.4, 0.5) is 0 Å². The van der Waals surface area contributed by atoms with E-state index in [1.165, 1.54) is 16.7 Å². The topological polar surface area (TPSA) is 0 Å². The lowest BCUT2D eigenvalue weighted by Gasteiger charge is -2.01. The highest BCUT2D eigenvalue weighted by molar-refractivity contribution is 6.18. The fourth-order valence-corrected chi connectivity index (χ4v) is 1.50. The first-order valence-corrected chi connectivity index (χ1v) is 5.03. The number of aryl methyl sites for hydroxylation is 1. The van der Waals surface area contributed by atoms with E-state index >= 15 is 0 Å². The van der Waals surface area contributed by atoms with Gasteiger partial charge in [-0.15, -0.1) is 11.6 Å². The highest BCUT2D eigenvalue weighted by Gasteiger charge is 1.93. The van der Waals surface area contributed by atoms with Gasteiger partial charge < -0.3 is 0 Å². The maximum atomic E-state index is 5.61. The highest BCUT2D eigenvalue weighted by Crippen LogP contribution is 2.09. The number of hydrogen-bond donors (Lipinski definition) is 0. The van der Waals surface area contributed by atoms with Crippen LogP contribution < -0.4 is 0 Å². The molecule has 1 heteroatoms. The van der Waals surface area contributed by atoms with Gasteiger partial charge in [0.15, 0.2) is 0 Å². The van der Waals surface area contributed by atoms with Crippen molar-refractivity contribution in [3.63, 3.8) is 0 Å². The molecule has 0 aliphatic heterocycles. The van der Waals surface area contributed by atoms with E-state index in [2.05, 4.69) is 44.2 Å². The van der Waals surface area contributed by atoms with Crippen molar-refractivity contribution in [2.45, 2.75) is 20.3 Å². The Hall–Kier alpha value is -0.750. The minimum atomic E-state index is 0.609. The average molecular weight is 195 g/mol. The van der Waals surface area contributed by atoms with Gasteiger partial charge in [-0.3, -0.25) is 0 Å². The molecule has 1 aromatic carbocycles. The van der Waals surface area contributed by atoms with Crippen LogP contribution in [0.5, 0.6) is 0 Å². The summed E-state index contributed by atoms with van der Waals surface area (Å²) in [5, 5.41) is 0. The molecule has 0 radical (unpaired) electrons.